The molecule has 0 fully saturated rings. The zero-order chi connectivity index (χ0) is 15.3. The molecule has 0 aliphatic heterocycles. The van der Waals surface area contributed by atoms with Crippen LogP contribution in [0.4, 0.5) is 0 Å². The first-order valence-corrected chi connectivity index (χ1v) is 6.28. The minimum Gasteiger partial charge on any atom is -0.481 e. The molecule has 110 valence electrons. The van der Waals surface area contributed by atoms with Crippen LogP contribution < -0.4 is 10.5 Å². The fourth-order valence-electron chi connectivity index (χ4n) is 1.63. The van der Waals surface area contributed by atoms with E-state index in [4.69, 9.17) is 15.2 Å². The first-order chi connectivity index (χ1) is 9.23. The van der Waals surface area contributed by atoms with Crippen LogP contribution in [-0.2, 0) is 16.0 Å². The Hall–Kier alpha value is -2.11. The number of ether oxygens (including phenoxy) is 2. The summed E-state index contributed by atoms with van der Waals surface area (Å²) in [5.41, 5.74) is 5.47. The number of pyridine rings is 1. The summed E-state index contributed by atoms with van der Waals surface area (Å²) < 4.78 is 10.1. The van der Waals surface area contributed by atoms with Gasteiger partial charge in [0.1, 0.15) is 11.3 Å². The van der Waals surface area contributed by atoms with Gasteiger partial charge < -0.3 is 15.2 Å². The Morgan fingerprint density at radius 3 is 2.45 bits per heavy atom. The topological polar surface area (TPSA) is 91.5 Å². The number of hydrogen-bond acceptors (Lipinski definition) is 5. The van der Waals surface area contributed by atoms with E-state index in [0.29, 0.717) is 17.9 Å². The number of carbonyl (C=O) groups excluding carboxylic acids is 2. The number of esters is 1. The van der Waals surface area contributed by atoms with E-state index in [1.165, 1.54) is 7.11 Å². The molecule has 0 spiro atoms. The minimum absolute atomic E-state index is 0.118. The summed E-state index contributed by atoms with van der Waals surface area (Å²) >= 11 is 0. The number of aromatic nitrogens is 1. The highest BCUT2D eigenvalue weighted by Crippen LogP contribution is 2.16. The van der Waals surface area contributed by atoms with Gasteiger partial charge in [0.2, 0.25) is 5.88 Å². The van der Waals surface area contributed by atoms with Crippen LogP contribution in [0.15, 0.2) is 12.1 Å². The predicted molar refractivity (Wildman–Crippen MR) is 73.5 cm³/mol. The first-order valence-electron chi connectivity index (χ1n) is 6.28. The summed E-state index contributed by atoms with van der Waals surface area (Å²) in [6.45, 7) is 5.40. The Labute approximate surface area is 118 Å². The van der Waals surface area contributed by atoms with Crippen LogP contribution in [0.3, 0.4) is 0 Å². The molecule has 1 aromatic rings. The number of carbonyl (C=O) groups is 2. The highest BCUT2D eigenvalue weighted by Gasteiger charge is 2.18. The van der Waals surface area contributed by atoms with Gasteiger partial charge in [-0.1, -0.05) is 6.07 Å². The average Bonchev–Trinajstić information content (AvgIpc) is 2.34. The lowest BCUT2D eigenvalue weighted by Crippen LogP contribution is -2.24. The van der Waals surface area contributed by atoms with Gasteiger partial charge in [-0.3, -0.25) is 9.59 Å². The SMILES string of the molecule is COc1ccc(CCC(=O)OC(C)(C)C)c(C(N)=O)n1. The number of amides is 1. The Morgan fingerprint density at radius 2 is 1.95 bits per heavy atom. The fourth-order valence-corrected chi connectivity index (χ4v) is 1.63. The van der Waals surface area contributed by atoms with Gasteiger partial charge >= 0.3 is 5.97 Å². The molecule has 0 aliphatic rings. The van der Waals surface area contributed by atoms with Gasteiger partial charge in [0, 0.05) is 12.5 Å². The molecule has 1 rings (SSSR count). The van der Waals surface area contributed by atoms with Crippen molar-refractivity contribution in [3.05, 3.63) is 23.4 Å². The van der Waals surface area contributed by atoms with Crippen LogP contribution in [-0.4, -0.2) is 29.6 Å². The summed E-state index contributed by atoms with van der Waals surface area (Å²) in [4.78, 5) is 27.0. The zero-order valence-corrected chi connectivity index (χ0v) is 12.2. The third-order valence-electron chi connectivity index (χ3n) is 2.41. The number of aryl methyl sites for hydroxylation is 1. The van der Waals surface area contributed by atoms with Gasteiger partial charge in [-0.25, -0.2) is 4.98 Å². The van der Waals surface area contributed by atoms with Gasteiger partial charge in [0.05, 0.1) is 7.11 Å². The summed E-state index contributed by atoms with van der Waals surface area (Å²) in [7, 11) is 1.45. The monoisotopic (exact) mass is 280 g/mol. The lowest BCUT2D eigenvalue weighted by Gasteiger charge is -2.19. The molecule has 0 saturated heterocycles. The molecule has 20 heavy (non-hydrogen) atoms. The van der Waals surface area contributed by atoms with Crippen molar-refractivity contribution in [3.63, 3.8) is 0 Å². The third-order valence-corrected chi connectivity index (χ3v) is 2.41. The molecule has 2 N–H and O–H groups in total. The van der Waals surface area contributed by atoms with Gasteiger partial charge in [-0.15, -0.1) is 0 Å². The number of hydrogen-bond donors (Lipinski definition) is 1. The number of nitrogens with two attached hydrogens (primary N) is 1. The highest BCUT2D eigenvalue weighted by atomic mass is 16.6. The number of primary amides is 1. The third kappa shape index (κ3) is 4.87. The van der Waals surface area contributed by atoms with Crippen molar-refractivity contribution in [2.45, 2.75) is 39.2 Å². The van der Waals surface area contributed by atoms with Gasteiger partial charge in [0.25, 0.3) is 5.91 Å². The van der Waals surface area contributed by atoms with E-state index in [1.807, 2.05) is 0 Å². The molecule has 0 unspecified atom stereocenters. The molecule has 0 bridgehead atoms. The predicted octanol–water partition coefficient (Wildman–Crippen LogP) is 1.46. The summed E-state index contributed by atoms with van der Waals surface area (Å²) in [6, 6.07) is 3.30. The molecule has 1 aromatic heterocycles. The Morgan fingerprint density at radius 1 is 1.30 bits per heavy atom. The van der Waals surface area contributed by atoms with Gasteiger partial charge in [-0.05, 0) is 32.8 Å². The van der Waals surface area contributed by atoms with E-state index in [1.54, 1.807) is 32.9 Å². The summed E-state index contributed by atoms with van der Waals surface area (Å²) in [6.07, 6.45) is 0.496. The Balaban J connectivity index is 2.77. The number of rotatable bonds is 5. The van der Waals surface area contributed by atoms with Crippen molar-refractivity contribution in [2.75, 3.05) is 7.11 Å². The molecule has 0 aliphatic carbocycles. The molecule has 6 heteroatoms. The molecular formula is C14H20N2O4. The zero-order valence-electron chi connectivity index (χ0n) is 12.2. The first kappa shape index (κ1) is 15.9. The molecule has 6 nitrogen and oxygen atoms in total. The normalized spacial score (nSPS) is 11.0. The second-order valence-electron chi connectivity index (χ2n) is 5.31. The molecule has 0 saturated carbocycles. The number of methoxy groups -OCH3 is 1. The molecule has 0 atom stereocenters. The molecule has 1 amide bonds. The van der Waals surface area contributed by atoms with Gasteiger partial charge in [0.15, 0.2) is 0 Å². The van der Waals surface area contributed by atoms with Gasteiger partial charge in [-0.2, -0.15) is 0 Å². The van der Waals surface area contributed by atoms with Crippen molar-refractivity contribution in [2.24, 2.45) is 5.73 Å². The maximum atomic E-state index is 11.7. The van der Waals surface area contributed by atoms with Crippen molar-refractivity contribution in [1.82, 2.24) is 4.98 Å². The average molecular weight is 280 g/mol. The van der Waals surface area contributed by atoms with E-state index in [-0.39, 0.29) is 18.1 Å². The maximum Gasteiger partial charge on any atom is 0.306 e. The van der Waals surface area contributed by atoms with Crippen molar-refractivity contribution >= 4 is 11.9 Å². The van der Waals surface area contributed by atoms with Crippen LogP contribution in [0.25, 0.3) is 0 Å². The van der Waals surface area contributed by atoms with E-state index in [0.717, 1.165) is 0 Å². The lowest BCUT2D eigenvalue weighted by atomic mass is 10.1. The van der Waals surface area contributed by atoms with Crippen molar-refractivity contribution in [1.29, 1.82) is 0 Å². The second kappa shape index (κ2) is 6.36. The summed E-state index contributed by atoms with van der Waals surface area (Å²) in [5.74, 6) is -0.674. The fraction of sp³-hybridized carbons (Fsp3) is 0.500. The standard InChI is InChI=1S/C14H20N2O4/c1-14(2,3)20-11(17)8-6-9-5-7-10(19-4)16-12(9)13(15)18/h5,7H,6,8H2,1-4H3,(H2,15,18). The Bertz CT molecular complexity index is 506. The Kier molecular flexibility index (Phi) is 5.07. The summed E-state index contributed by atoms with van der Waals surface area (Å²) in [5, 5.41) is 0. The van der Waals surface area contributed by atoms with E-state index < -0.39 is 11.5 Å². The van der Waals surface area contributed by atoms with E-state index in [9.17, 15) is 9.59 Å². The lowest BCUT2D eigenvalue weighted by molar-refractivity contribution is -0.154. The quantitative estimate of drug-likeness (QED) is 0.824. The largest absolute Gasteiger partial charge is 0.481 e. The second-order valence-corrected chi connectivity index (χ2v) is 5.31. The highest BCUT2D eigenvalue weighted by molar-refractivity contribution is 5.92. The van der Waals surface area contributed by atoms with Crippen LogP contribution >= 0.6 is 0 Å². The molecule has 0 aromatic carbocycles. The van der Waals surface area contributed by atoms with Crippen LogP contribution in [0.1, 0.15) is 43.2 Å². The van der Waals surface area contributed by atoms with E-state index >= 15 is 0 Å². The minimum atomic E-state index is -0.650. The number of nitrogens with zero attached hydrogens (tertiary/aromatic N) is 1. The molecule has 1 heterocycles. The van der Waals surface area contributed by atoms with Crippen LogP contribution in [0, 0.1) is 0 Å². The smallest absolute Gasteiger partial charge is 0.306 e. The van der Waals surface area contributed by atoms with Crippen molar-refractivity contribution in [3.8, 4) is 5.88 Å². The van der Waals surface area contributed by atoms with Crippen molar-refractivity contribution < 1.29 is 19.1 Å². The maximum absolute atomic E-state index is 11.7. The molecule has 0 radical (unpaired) electrons. The van der Waals surface area contributed by atoms with Crippen LogP contribution in [0.5, 0.6) is 5.88 Å². The van der Waals surface area contributed by atoms with Crippen LogP contribution in [0.2, 0.25) is 0 Å². The molecular weight excluding hydrogens is 260 g/mol. The van der Waals surface area contributed by atoms with E-state index in [2.05, 4.69) is 4.98 Å².